The molecule has 0 spiro atoms. The van der Waals surface area contributed by atoms with Gasteiger partial charge in [-0.1, -0.05) is 17.7 Å². The topological polar surface area (TPSA) is 51.2 Å². The van der Waals surface area contributed by atoms with Crippen LogP contribution in [0.5, 0.6) is 0 Å². The normalized spacial score (nSPS) is 12.5. The largest absolute Gasteiger partial charge is 0.298 e. The van der Waals surface area contributed by atoms with Crippen molar-refractivity contribution in [2.75, 3.05) is 6.26 Å². The van der Waals surface area contributed by atoms with Crippen LogP contribution in [0.3, 0.4) is 0 Å². The number of rotatable bonds is 4. The van der Waals surface area contributed by atoms with Crippen LogP contribution in [0, 0.1) is 5.82 Å². The maximum Gasteiger partial charge on any atom is 0.159 e. The fourth-order valence-corrected chi connectivity index (χ4v) is 1.94. The fraction of sp³-hybridized carbons (Fsp3) is 0.417. The highest BCUT2D eigenvalue weighted by molar-refractivity contribution is 7.92. The number of hydrogen-bond donors (Lipinski definition) is 0. The van der Waals surface area contributed by atoms with Crippen molar-refractivity contribution < 1.29 is 17.6 Å². The minimum absolute atomic E-state index is 0.0857. The molecule has 3 nitrogen and oxygen atoms in total. The minimum Gasteiger partial charge on any atom is -0.298 e. The highest BCUT2D eigenvalue weighted by Gasteiger charge is 2.37. The molecule has 1 rings (SSSR count). The number of Topliss-reactive ketones (excluding diaryl/α,β-unsaturated/α-hetero) is 1. The van der Waals surface area contributed by atoms with E-state index in [1.54, 1.807) is 0 Å². The molecule has 1 aromatic rings. The summed E-state index contributed by atoms with van der Waals surface area (Å²) in [5.74, 6) is -1.03. The van der Waals surface area contributed by atoms with Crippen molar-refractivity contribution in [1.29, 1.82) is 0 Å². The van der Waals surface area contributed by atoms with E-state index >= 15 is 0 Å². The Balaban J connectivity index is 2.99. The van der Waals surface area contributed by atoms with Gasteiger partial charge in [0.2, 0.25) is 0 Å². The summed E-state index contributed by atoms with van der Waals surface area (Å²) < 4.78 is 34.5. The first-order chi connectivity index (χ1) is 8.05. The molecule has 0 fully saturated rings. The van der Waals surface area contributed by atoms with E-state index in [-0.39, 0.29) is 11.4 Å². The van der Waals surface area contributed by atoms with Crippen LogP contribution in [0.1, 0.15) is 19.4 Å². The van der Waals surface area contributed by atoms with Gasteiger partial charge in [0.1, 0.15) is 10.6 Å². The third-order valence-corrected chi connectivity index (χ3v) is 5.32. The van der Waals surface area contributed by atoms with Crippen molar-refractivity contribution in [1.82, 2.24) is 0 Å². The van der Waals surface area contributed by atoms with Crippen LogP contribution >= 0.6 is 11.6 Å². The summed E-state index contributed by atoms with van der Waals surface area (Å²) in [4.78, 5) is 12.0. The van der Waals surface area contributed by atoms with Crippen molar-refractivity contribution in [3.05, 3.63) is 34.6 Å². The first-order valence-electron chi connectivity index (χ1n) is 5.22. The third kappa shape index (κ3) is 3.09. The standard InChI is InChI=1S/C12H14ClFO3S/c1-12(2,18(3,16)17)11(15)7-8-4-5-10(14)9(13)6-8/h4-6H,7H2,1-3H3. The molecule has 0 heterocycles. The van der Waals surface area contributed by atoms with Gasteiger partial charge in [-0.2, -0.15) is 0 Å². The molecule has 100 valence electrons. The van der Waals surface area contributed by atoms with Gasteiger partial charge >= 0.3 is 0 Å². The second-order valence-electron chi connectivity index (χ2n) is 4.63. The molecule has 6 heteroatoms. The lowest BCUT2D eigenvalue weighted by Gasteiger charge is -2.20. The maximum atomic E-state index is 12.9. The zero-order valence-electron chi connectivity index (χ0n) is 10.3. The fourth-order valence-electron chi connectivity index (χ4n) is 1.25. The number of carbonyl (C=O) groups excluding carboxylic acids is 1. The Bertz CT molecular complexity index is 579. The highest BCUT2D eigenvalue weighted by Crippen LogP contribution is 2.21. The molecule has 0 radical (unpaired) electrons. The number of sulfone groups is 1. The Hall–Kier alpha value is -0.940. The van der Waals surface area contributed by atoms with Gasteiger partial charge in [0, 0.05) is 12.7 Å². The Morgan fingerprint density at radius 3 is 2.39 bits per heavy atom. The summed E-state index contributed by atoms with van der Waals surface area (Å²) in [6.45, 7) is 2.71. The second kappa shape index (κ2) is 4.97. The van der Waals surface area contributed by atoms with Crippen molar-refractivity contribution >= 4 is 27.2 Å². The third-order valence-electron chi connectivity index (χ3n) is 2.95. The molecule has 0 saturated heterocycles. The van der Waals surface area contributed by atoms with Crippen LogP contribution in [0.2, 0.25) is 5.02 Å². The molecule has 0 aliphatic heterocycles. The molecular weight excluding hydrogens is 279 g/mol. The molecule has 0 atom stereocenters. The lowest BCUT2D eigenvalue weighted by atomic mass is 10.0. The number of hydrogen-bond acceptors (Lipinski definition) is 3. The van der Waals surface area contributed by atoms with Gasteiger partial charge in [-0.3, -0.25) is 4.79 Å². The summed E-state index contributed by atoms with van der Waals surface area (Å²) in [5.41, 5.74) is 0.489. The molecule has 1 aromatic carbocycles. The predicted octanol–water partition coefficient (Wildman–Crippen LogP) is 2.41. The molecule has 0 amide bonds. The zero-order chi connectivity index (χ0) is 14.1. The number of carbonyl (C=O) groups is 1. The molecule has 0 unspecified atom stereocenters. The van der Waals surface area contributed by atoms with Crippen LogP contribution in [-0.4, -0.2) is 25.2 Å². The summed E-state index contributed by atoms with van der Waals surface area (Å²) in [6.07, 6.45) is 0.919. The van der Waals surface area contributed by atoms with Crippen LogP contribution in [-0.2, 0) is 21.1 Å². The maximum absolute atomic E-state index is 12.9. The van der Waals surface area contributed by atoms with E-state index in [0.717, 1.165) is 12.3 Å². The van der Waals surface area contributed by atoms with Crippen molar-refractivity contribution in [2.24, 2.45) is 0 Å². The van der Waals surface area contributed by atoms with Crippen molar-refractivity contribution in [2.45, 2.75) is 25.0 Å². The highest BCUT2D eigenvalue weighted by atomic mass is 35.5. The van der Waals surface area contributed by atoms with Gasteiger partial charge in [-0.15, -0.1) is 0 Å². The van der Waals surface area contributed by atoms with Crippen LogP contribution in [0.4, 0.5) is 4.39 Å². The Kier molecular flexibility index (Phi) is 4.18. The smallest absolute Gasteiger partial charge is 0.159 e. The molecule has 0 N–H and O–H groups in total. The molecular formula is C12H14ClFO3S. The minimum atomic E-state index is -3.50. The number of benzene rings is 1. The monoisotopic (exact) mass is 292 g/mol. The average molecular weight is 293 g/mol. The molecule has 0 aliphatic carbocycles. The van der Waals surface area contributed by atoms with Gasteiger partial charge in [0.25, 0.3) is 0 Å². The molecule has 0 aliphatic rings. The van der Waals surface area contributed by atoms with Gasteiger partial charge in [-0.25, -0.2) is 12.8 Å². The molecule has 0 bridgehead atoms. The summed E-state index contributed by atoms with van der Waals surface area (Å²) in [6, 6.07) is 3.89. The van der Waals surface area contributed by atoms with Crippen LogP contribution < -0.4 is 0 Å². The van der Waals surface area contributed by atoms with E-state index in [4.69, 9.17) is 11.6 Å². The van der Waals surface area contributed by atoms with E-state index in [1.807, 2.05) is 0 Å². The van der Waals surface area contributed by atoms with E-state index in [9.17, 15) is 17.6 Å². The first kappa shape index (κ1) is 15.1. The Morgan fingerprint density at radius 2 is 1.94 bits per heavy atom. The Labute approximate surface area is 111 Å². The molecule has 0 saturated carbocycles. The number of ketones is 1. The van der Waals surface area contributed by atoms with Gasteiger partial charge in [0.05, 0.1) is 5.02 Å². The lowest BCUT2D eigenvalue weighted by Crippen LogP contribution is -2.40. The molecule has 18 heavy (non-hydrogen) atoms. The van der Waals surface area contributed by atoms with Crippen molar-refractivity contribution in [3.8, 4) is 0 Å². The second-order valence-corrected chi connectivity index (χ2v) is 7.60. The molecule has 0 aromatic heterocycles. The van der Waals surface area contributed by atoms with Crippen molar-refractivity contribution in [3.63, 3.8) is 0 Å². The van der Waals surface area contributed by atoms with E-state index in [1.165, 1.54) is 26.0 Å². The zero-order valence-corrected chi connectivity index (χ0v) is 11.9. The van der Waals surface area contributed by atoms with E-state index < -0.39 is 26.2 Å². The Morgan fingerprint density at radius 1 is 1.39 bits per heavy atom. The summed E-state index contributed by atoms with van der Waals surface area (Å²) in [7, 11) is -3.50. The quantitative estimate of drug-likeness (QED) is 0.856. The van der Waals surface area contributed by atoms with E-state index in [0.29, 0.717) is 5.56 Å². The van der Waals surface area contributed by atoms with E-state index in [2.05, 4.69) is 0 Å². The SMILES string of the molecule is CC(C)(C(=O)Cc1ccc(F)c(Cl)c1)S(C)(=O)=O. The first-order valence-corrected chi connectivity index (χ1v) is 7.49. The van der Waals surface area contributed by atoms with Crippen LogP contribution in [0.25, 0.3) is 0 Å². The van der Waals surface area contributed by atoms with Gasteiger partial charge < -0.3 is 0 Å². The summed E-state index contributed by atoms with van der Waals surface area (Å²) in [5, 5.41) is -0.0857. The lowest BCUT2D eigenvalue weighted by molar-refractivity contribution is -0.120. The van der Waals surface area contributed by atoms with Crippen LogP contribution in [0.15, 0.2) is 18.2 Å². The van der Waals surface area contributed by atoms with Gasteiger partial charge in [0.15, 0.2) is 15.6 Å². The van der Waals surface area contributed by atoms with Gasteiger partial charge in [-0.05, 0) is 31.5 Å². The predicted molar refractivity (Wildman–Crippen MR) is 69.0 cm³/mol. The average Bonchev–Trinajstić information content (AvgIpc) is 2.21. The summed E-state index contributed by atoms with van der Waals surface area (Å²) >= 11 is 5.60. The number of halogens is 2.